The number of nitrogens with one attached hydrogen (secondary N) is 1. The molecule has 0 aliphatic carbocycles. The minimum absolute atomic E-state index is 0.0141. The monoisotopic (exact) mass is 429 g/mol. The van der Waals surface area contributed by atoms with Crippen molar-refractivity contribution in [2.24, 2.45) is 0 Å². The number of carbonyl (C=O) groups is 2. The molecule has 2 aliphatic rings. The largest absolute Gasteiger partial charge is 0.369 e. The van der Waals surface area contributed by atoms with E-state index in [1.807, 2.05) is 5.32 Å². The highest BCUT2D eigenvalue weighted by molar-refractivity contribution is 6.22. The van der Waals surface area contributed by atoms with Crippen LogP contribution in [0.15, 0.2) is 22.7 Å². The van der Waals surface area contributed by atoms with Crippen molar-refractivity contribution >= 4 is 28.5 Å². The van der Waals surface area contributed by atoms with Crippen LogP contribution >= 0.6 is 0 Å². The van der Waals surface area contributed by atoms with Gasteiger partial charge in [-0.05, 0) is 31.4 Å². The summed E-state index contributed by atoms with van der Waals surface area (Å²) < 4.78 is 49.0. The van der Waals surface area contributed by atoms with Crippen LogP contribution in [0.5, 0.6) is 0 Å². The summed E-state index contributed by atoms with van der Waals surface area (Å²) in [5, 5.41) is 6.81. The minimum Gasteiger partial charge on any atom is -0.369 e. The maximum atomic E-state index is 15.3. The van der Waals surface area contributed by atoms with Gasteiger partial charge >= 0.3 is 0 Å². The summed E-state index contributed by atoms with van der Waals surface area (Å²) in [4.78, 5) is 25.7. The van der Waals surface area contributed by atoms with E-state index in [9.17, 15) is 14.0 Å². The lowest BCUT2D eigenvalue weighted by Gasteiger charge is -2.34. The predicted molar refractivity (Wildman–Crippen MR) is 106 cm³/mol. The van der Waals surface area contributed by atoms with E-state index in [-0.39, 0.29) is 23.6 Å². The molecule has 3 aromatic rings. The van der Waals surface area contributed by atoms with E-state index < -0.39 is 40.4 Å². The molecule has 0 bridgehead atoms. The smallest absolute Gasteiger partial charge is 0.262 e. The summed E-state index contributed by atoms with van der Waals surface area (Å²) in [5.41, 5.74) is 0.167. The zero-order valence-corrected chi connectivity index (χ0v) is 16.6. The van der Waals surface area contributed by atoms with E-state index in [0.29, 0.717) is 31.5 Å². The molecule has 2 amide bonds. The molecule has 1 aromatic heterocycles. The van der Waals surface area contributed by atoms with E-state index in [0.717, 1.165) is 11.1 Å². The fourth-order valence-corrected chi connectivity index (χ4v) is 4.63. The molecule has 0 atom stereocenters. The molecule has 0 unspecified atom stereocenters. The Morgan fingerprint density at radius 1 is 1.10 bits per heavy atom. The molecule has 1 N–H and O–H groups in total. The number of fused-ring (bicyclic) bond motifs is 2. The summed E-state index contributed by atoms with van der Waals surface area (Å²) in [5.74, 6) is -3.93. The number of halogens is 3. The topological polar surface area (TPSA) is 75.4 Å². The first-order valence-corrected chi connectivity index (χ1v) is 10.1. The zero-order chi connectivity index (χ0) is 21.9. The van der Waals surface area contributed by atoms with E-state index >= 15 is 8.78 Å². The van der Waals surface area contributed by atoms with Crippen molar-refractivity contribution in [3.63, 3.8) is 0 Å². The molecule has 160 valence electrons. The van der Waals surface area contributed by atoms with E-state index in [4.69, 9.17) is 4.52 Å². The third kappa shape index (κ3) is 2.90. The van der Waals surface area contributed by atoms with Crippen LogP contribution in [0, 0.1) is 17.5 Å². The minimum atomic E-state index is -0.920. The van der Waals surface area contributed by atoms with Gasteiger partial charge in [0.05, 0.1) is 22.5 Å². The van der Waals surface area contributed by atoms with Crippen molar-refractivity contribution in [3.05, 3.63) is 58.0 Å². The van der Waals surface area contributed by atoms with Crippen molar-refractivity contribution in [1.29, 1.82) is 0 Å². The maximum absolute atomic E-state index is 15.3. The molecule has 6 nitrogen and oxygen atoms in total. The summed E-state index contributed by atoms with van der Waals surface area (Å²) >= 11 is 0. The summed E-state index contributed by atoms with van der Waals surface area (Å²) in [6.45, 7) is 2.48. The SMILES string of the molecule is CCc1c(F)c2c(c(F)c1N1CCC(c3noc4cc(F)ccc34)CC1)C(=O)NC2=O. The zero-order valence-electron chi connectivity index (χ0n) is 16.6. The third-order valence-corrected chi connectivity index (χ3v) is 6.14. The van der Waals surface area contributed by atoms with Gasteiger partial charge in [-0.25, -0.2) is 13.2 Å². The van der Waals surface area contributed by atoms with E-state index in [1.165, 1.54) is 12.1 Å². The van der Waals surface area contributed by atoms with Gasteiger partial charge in [0.25, 0.3) is 11.8 Å². The second-order valence-electron chi connectivity index (χ2n) is 7.81. The molecular formula is C22H18F3N3O3. The highest BCUT2D eigenvalue weighted by Crippen LogP contribution is 2.39. The second-order valence-corrected chi connectivity index (χ2v) is 7.81. The Labute approximate surface area is 175 Å². The Balaban J connectivity index is 1.47. The van der Waals surface area contributed by atoms with Gasteiger partial charge in [0.1, 0.15) is 11.6 Å². The Morgan fingerprint density at radius 3 is 2.45 bits per heavy atom. The van der Waals surface area contributed by atoms with E-state index in [2.05, 4.69) is 5.16 Å². The Kier molecular flexibility index (Phi) is 4.49. The lowest BCUT2D eigenvalue weighted by Crippen LogP contribution is -2.35. The molecule has 2 aliphatic heterocycles. The number of rotatable bonds is 3. The van der Waals surface area contributed by atoms with Crippen LogP contribution < -0.4 is 10.2 Å². The highest BCUT2D eigenvalue weighted by Gasteiger charge is 2.39. The number of benzene rings is 2. The van der Waals surface area contributed by atoms with Crippen molar-refractivity contribution in [3.8, 4) is 0 Å². The summed E-state index contributed by atoms with van der Waals surface area (Å²) in [6, 6.07) is 4.26. The van der Waals surface area contributed by atoms with Crippen molar-refractivity contribution in [2.75, 3.05) is 18.0 Å². The number of hydrogen-bond acceptors (Lipinski definition) is 5. The maximum Gasteiger partial charge on any atom is 0.262 e. The number of imide groups is 1. The summed E-state index contributed by atoms with van der Waals surface area (Å²) in [6.07, 6.45) is 1.35. The molecule has 5 rings (SSSR count). The Morgan fingerprint density at radius 2 is 1.77 bits per heavy atom. The number of carbonyl (C=O) groups excluding carboxylic acids is 2. The second kappa shape index (κ2) is 7.11. The number of nitrogens with zero attached hydrogens (tertiary/aromatic N) is 2. The van der Waals surface area contributed by atoms with Gasteiger partial charge < -0.3 is 9.42 Å². The van der Waals surface area contributed by atoms with Crippen LogP contribution in [-0.2, 0) is 6.42 Å². The lowest BCUT2D eigenvalue weighted by molar-refractivity contribution is 0.0877. The highest BCUT2D eigenvalue weighted by atomic mass is 19.1. The van der Waals surface area contributed by atoms with E-state index in [1.54, 1.807) is 17.9 Å². The normalized spacial score (nSPS) is 16.8. The van der Waals surface area contributed by atoms with Gasteiger partial charge in [0, 0.05) is 36.0 Å². The quantitative estimate of drug-likeness (QED) is 0.635. The van der Waals surface area contributed by atoms with Crippen LogP contribution in [0.2, 0.25) is 0 Å². The Bertz CT molecular complexity index is 1250. The fraction of sp³-hybridized carbons (Fsp3) is 0.318. The number of hydrogen-bond donors (Lipinski definition) is 1. The van der Waals surface area contributed by atoms with Crippen LogP contribution in [0.1, 0.15) is 57.7 Å². The molecule has 3 heterocycles. The molecular weight excluding hydrogens is 411 g/mol. The van der Waals surface area contributed by atoms with Gasteiger partial charge in [-0.15, -0.1) is 0 Å². The number of amides is 2. The van der Waals surface area contributed by atoms with Gasteiger partial charge in [-0.1, -0.05) is 12.1 Å². The first-order valence-electron chi connectivity index (χ1n) is 10.1. The molecule has 31 heavy (non-hydrogen) atoms. The predicted octanol–water partition coefficient (Wildman–Crippen LogP) is 4.08. The lowest BCUT2D eigenvalue weighted by atomic mass is 9.90. The number of aromatic nitrogens is 1. The molecule has 1 fully saturated rings. The number of anilines is 1. The fourth-order valence-electron chi connectivity index (χ4n) is 4.63. The first-order chi connectivity index (χ1) is 14.9. The molecule has 1 saturated heterocycles. The standard InChI is InChI=1S/C22H18F3N3O3/c1-2-12-17(24)15-16(22(30)26-21(15)29)18(25)20(12)28-7-5-10(6-8-28)19-13-4-3-11(23)9-14(13)31-27-19/h3-4,9-10H,2,5-8H2,1H3,(H,26,29,30). The van der Waals surface area contributed by atoms with Crippen LogP contribution in [0.25, 0.3) is 11.0 Å². The average Bonchev–Trinajstić information content (AvgIpc) is 3.30. The summed E-state index contributed by atoms with van der Waals surface area (Å²) in [7, 11) is 0. The van der Waals surface area contributed by atoms with Gasteiger partial charge in [-0.2, -0.15) is 0 Å². The molecule has 9 heteroatoms. The average molecular weight is 429 g/mol. The molecule has 0 radical (unpaired) electrons. The molecule has 2 aromatic carbocycles. The van der Waals surface area contributed by atoms with Gasteiger partial charge in [-0.3, -0.25) is 14.9 Å². The van der Waals surface area contributed by atoms with Crippen LogP contribution in [-0.4, -0.2) is 30.1 Å². The Hall–Kier alpha value is -3.36. The first kappa shape index (κ1) is 19.6. The molecule has 0 saturated carbocycles. The van der Waals surface area contributed by atoms with Crippen molar-refractivity contribution in [2.45, 2.75) is 32.1 Å². The van der Waals surface area contributed by atoms with Crippen molar-refractivity contribution < 1.29 is 27.3 Å². The molecule has 0 spiro atoms. The van der Waals surface area contributed by atoms with Crippen molar-refractivity contribution in [1.82, 2.24) is 10.5 Å². The number of piperidine rings is 1. The van der Waals surface area contributed by atoms with Crippen LogP contribution in [0.4, 0.5) is 18.9 Å². The van der Waals surface area contributed by atoms with Gasteiger partial charge in [0.15, 0.2) is 11.4 Å². The van der Waals surface area contributed by atoms with Gasteiger partial charge in [0.2, 0.25) is 0 Å². The van der Waals surface area contributed by atoms with Crippen LogP contribution in [0.3, 0.4) is 0 Å². The third-order valence-electron chi connectivity index (χ3n) is 6.14.